The predicted molar refractivity (Wildman–Crippen MR) is 55.0 cm³/mol. The molecule has 0 fully saturated rings. The first kappa shape index (κ1) is 11.0. The van der Waals surface area contributed by atoms with Crippen LogP contribution in [0.15, 0.2) is 11.2 Å². The molecular formula is C8H14N4OS. The summed E-state index contributed by atoms with van der Waals surface area (Å²) >= 11 is 1.36. The maximum atomic E-state index is 11.4. The van der Waals surface area contributed by atoms with Crippen molar-refractivity contribution in [1.29, 1.82) is 0 Å². The standard InChI is InChI=1S/C8H14N4OS/c1-8(2,3)10-6(13)5-14-7-4-9-12-11-7/h4H,5H2,1-3H3,(H,10,13)(H,9,11,12). The zero-order chi connectivity index (χ0) is 10.6. The topological polar surface area (TPSA) is 70.7 Å². The van der Waals surface area contributed by atoms with Gasteiger partial charge in [0.25, 0.3) is 0 Å². The lowest BCUT2D eigenvalue weighted by molar-refractivity contribution is -0.119. The molecule has 0 unspecified atom stereocenters. The van der Waals surface area contributed by atoms with Gasteiger partial charge in [0.1, 0.15) is 5.03 Å². The van der Waals surface area contributed by atoms with Gasteiger partial charge in [0.15, 0.2) is 0 Å². The van der Waals surface area contributed by atoms with E-state index in [0.717, 1.165) is 5.03 Å². The molecular weight excluding hydrogens is 200 g/mol. The van der Waals surface area contributed by atoms with Crippen molar-refractivity contribution < 1.29 is 4.79 Å². The maximum absolute atomic E-state index is 11.4. The SMILES string of the molecule is CC(C)(C)NC(=O)CSc1cn[nH]n1. The Morgan fingerprint density at radius 1 is 1.64 bits per heavy atom. The Bertz CT molecular complexity index is 291. The summed E-state index contributed by atoms with van der Waals surface area (Å²) in [5, 5.41) is 13.6. The molecule has 14 heavy (non-hydrogen) atoms. The van der Waals surface area contributed by atoms with E-state index in [0.29, 0.717) is 5.75 Å². The van der Waals surface area contributed by atoms with Gasteiger partial charge in [-0.1, -0.05) is 11.8 Å². The van der Waals surface area contributed by atoms with Crippen LogP contribution in [0.3, 0.4) is 0 Å². The van der Waals surface area contributed by atoms with Crippen molar-refractivity contribution in [2.75, 3.05) is 5.75 Å². The smallest absolute Gasteiger partial charge is 0.230 e. The van der Waals surface area contributed by atoms with Crippen molar-refractivity contribution in [3.8, 4) is 0 Å². The monoisotopic (exact) mass is 214 g/mol. The highest BCUT2D eigenvalue weighted by molar-refractivity contribution is 7.99. The van der Waals surface area contributed by atoms with Gasteiger partial charge in [0, 0.05) is 5.54 Å². The predicted octanol–water partition coefficient (Wildman–Crippen LogP) is 0.811. The molecule has 0 radical (unpaired) electrons. The number of nitrogens with zero attached hydrogens (tertiary/aromatic N) is 2. The minimum absolute atomic E-state index is 0.00509. The van der Waals surface area contributed by atoms with Gasteiger partial charge in [-0.05, 0) is 20.8 Å². The van der Waals surface area contributed by atoms with E-state index in [1.54, 1.807) is 6.20 Å². The van der Waals surface area contributed by atoms with Crippen LogP contribution in [-0.2, 0) is 4.79 Å². The normalized spacial score (nSPS) is 11.4. The number of nitrogens with one attached hydrogen (secondary N) is 2. The molecule has 1 aromatic rings. The van der Waals surface area contributed by atoms with Crippen LogP contribution in [0.4, 0.5) is 0 Å². The van der Waals surface area contributed by atoms with Crippen molar-refractivity contribution in [3.63, 3.8) is 0 Å². The highest BCUT2D eigenvalue weighted by Crippen LogP contribution is 2.12. The lowest BCUT2D eigenvalue weighted by atomic mass is 10.1. The van der Waals surface area contributed by atoms with E-state index in [1.165, 1.54) is 11.8 Å². The van der Waals surface area contributed by atoms with Gasteiger partial charge in [0.2, 0.25) is 5.91 Å². The number of thioether (sulfide) groups is 1. The Morgan fingerprint density at radius 2 is 2.36 bits per heavy atom. The molecule has 0 aliphatic heterocycles. The number of amides is 1. The van der Waals surface area contributed by atoms with E-state index in [4.69, 9.17) is 0 Å². The molecule has 0 saturated carbocycles. The molecule has 1 heterocycles. The minimum Gasteiger partial charge on any atom is -0.351 e. The second-order valence-electron chi connectivity index (χ2n) is 3.90. The fourth-order valence-electron chi connectivity index (χ4n) is 0.854. The molecule has 0 spiro atoms. The second kappa shape index (κ2) is 4.45. The third kappa shape index (κ3) is 4.27. The minimum atomic E-state index is -0.179. The third-order valence-electron chi connectivity index (χ3n) is 1.26. The zero-order valence-corrected chi connectivity index (χ0v) is 9.31. The van der Waals surface area contributed by atoms with Crippen molar-refractivity contribution in [1.82, 2.24) is 20.7 Å². The van der Waals surface area contributed by atoms with Crippen molar-refractivity contribution in [2.24, 2.45) is 0 Å². The van der Waals surface area contributed by atoms with Crippen LogP contribution >= 0.6 is 11.8 Å². The molecule has 5 nitrogen and oxygen atoms in total. The van der Waals surface area contributed by atoms with Gasteiger partial charge in [-0.3, -0.25) is 4.79 Å². The maximum Gasteiger partial charge on any atom is 0.230 e. The largest absolute Gasteiger partial charge is 0.351 e. The summed E-state index contributed by atoms with van der Waals surface area (Å²) in [6.45, 7) is 5.85. The first-order valence-electron chi connectivity index (χ1n) is 4.27. The van der Waals surface area contributed by atoms with E-state index in [2.05, 4.69) is 20.7 Å². The molecule has 6 heteroatoms. The second-order valence-corrected chi connectivity index (χ2v) is 4.89. The average Bonchev–Trinajstić information content (AvgIpc) is 2.49. The Morgan fingerprint density at radius 3 is 2.86 bits per heavy atom. The quantitative estimate of drug-likeness (QED) is 0.730. The fourth-order valence-corrected chi connectivity index (χ4v) is 1.44. The molecule has 2 N–H and O–H groups in total. The van der Waals surface area contributed by atoms with Crippen LogP contribution < -0.4 is 5.32 Å². The Labute approximate surface area is 87.0 Å². The van der Waals surface area contributed by atoms with E-state index in [1.807, 2.05) is 20.8 Å². The summed E-state index contributed by atoms with van der Waals surface area (Å²) in [5.74, 6) is 0.370. The summed E-state index contributed by atoms with van der Waals surface area (Å²) in [5.41, 5.74) is -0.179. The highest BCUT2D eigenvalue weighted by Gasteiger charge is 2.13. The highest BCUT2D eigenvalue weighted by atomic mass is 32.2. The Hall–Kier alpha value is -1.04. The number of rotatable bonds is 3. The van der Waals surface area contributed by atoms with Gasteiger partial charge >= 0.3 is 0 Å². The number of hydrogen-bond donors (Lipinski definition) is 2. The Balaban J connectivity index is 2.29. The summed E-state index contributed by atoms with van der Waals surface area (Å²) in [6, 6.07) is 0. The molecule has 0 aliphatic rings. The molecule has 0 aliphatic carbocycles. The van der Waals surface area contributed by atoms with E-state index in [9.17, 15) is 4.79 Å². The lowest BCUT2D eigenvalue weighted by Gasteiger charge is -2.19. The first-order valence-corrected chi connectivity index (χ1v) is 5.25. The number of aromatic amines is 1. The molecule has 0 aromatic carbocycles. The molecule has 0 saturated heterocycles. The summed E-state index contributed by atoms with van der Waals surface area (Å²) in [6.07, 6.45) is 1.59. The molecule has 1 rings (SSSR count). The van der Waals surface area contributed by atoms with Crippen LogP contribution in [0.1, 0.15) is 20.8 Å². The average molecular weight is 214 g/mol. The number of hydrogen-bond acceptors (Lipinski definition) is 4. The number of H-pyrrole nitrogens is 1. The summed E-state index contributed by atoms with van der Waals surface area (Å²) < 4.78 is 0. The lowest BCUT2D eigenvalue weighted by Crippen LogP contribution is -2.41. The molecule has 0 bridgehead atoms. The molecule has 1 amide bonds. The van der Waals surface area contributed by atoms with Crippen LogP contribution in [0.2, 0.25) is 0 Å². The van der Waals surface area contributed by atoms with E-state index >= 15 is 0 Å². The summed E-state index contributed by atoms with van der Waals surface area (Å²) in [7, 11) is 0. The van der Waals surface area contributed by atoms with E-state index in [-0.39, 0.29) is 11.4 Å². The molecule has 0 atom stereocenters. The first-order chi connectivity index (χ1) is 6.47. The van der Waals surface area contributed by atoms with Crippen molar-refractivity contribution >= 4 is 17.7 Å². The zero-order valence-electron chi connectivity index (χ0n) is 8.50. The van der Waals surface area contributed by atoms with Crippen LogP contribution in [0, 0.1) is 0 Å². The number of carbonyl (C=O) groups is 1. The van der Waals surface area contributed by atoms with Gasteiger partial charge in [-0.2, -0.15) is 10.3 Å². The fraction of sp³-hybridized carbons (Fsp3) is 0.625. The van der Waals surface area contributed by atoms with Crippen LogP contribution in [0.5, 0.6) is 0 Å². The van der Waals surface area contributed by atoms with Gasteiger partial charge < -0.3 is 5.32 Å². The van der Waals surface area contributed by atoms with Crippen LogP contribution in [0.25, 0.3) is 0 Å². The van der Waals surface area contributed by atoms with Crippen molar-refractivity contribution in [2.45, 2.75) is 31.3 Å². The summed E-state index contributed by atoms with van der Waals surface area (Å²) in [4.78, 5) is 11.4. The van der Waals surface area contributed by atoms with E-state index < -0.39 is 0 Å². The van der Waals surface area contributed by atoms with Crippen LogP contribution in [-0.4, -0.2) is 32.6 Å². The van der Waals surface area contributed by atoms with Crippen molar-refractivity contribution in [3.05, 3.63) is 6.20 Å². The Kier molecular flexibility index (Phi) is 3.51. The van der Waals surface area contributed by atoms with Gasteiger partial charge in [-0.15, -0.1) is 5.10 Å². The van der Waals surface area contributed by atoms with Gasteiger partial charge in [-0.25, -0.2) is 0 Å². The number of aromatic nitrogens is 3. The molecule has 1 aromatic heterocycles. The number of carbonyl (C=O) groups excluding carboxylic acids is 1. The third-order valence-corrected chi connectivity index (χ3v) is 2.16. The van der Waals surface area contributed by atoms with Gasteiger partial charge in [0.05, 0.1) is 11.9 Å². The molecule has 78 valence electrons.